The van der Waals surface area contributed by atoms with Crippen LogP contribution in [-0.2, 0) is 4.74 Å². The van der Waals surface area contributed by atoms with Crippen molar-refractivity contribution in [1.82, 2.24) is 0 Å². The second-order valence-electron chi connectivity index (χ2n) is 4.69. The minimum absolute atomic E-state index is 0.352. The Bertz CT molecular complexity index is 147. The number of rotatable bonds is 3. The first-order valence-electron chi connectivity index (χ1n) is 5.46. The molecule has 0 aliphatic heterocycles. The highest BCUT2D eigenvalue weighted by Crippen LogP contribution is 2.29. The lowest BCUT2D eigenvalue weighted by Gasteiger charge is -2.32. The van der Waals surface area contributed by atoms with Gasteiger partial charge in [-0.15, -0.1) is 0 Å². The Morgan fingerprint density at radius 1 is 1.38 bits per heavy atom. The van der Waals surface area contributed by atoms with E-state index in [-0.39, 0.29) is 0 Å². The minimum Gasteiger partial charge on any atom is -0.378 e. The van der Waals surface area contributed by atoms with E-state index in [0.717, 1.165) is 18.9 Å². The van der Waals surface area contributed by atoms with Crippen molar-refractivity contribution in [3.8, 4) is 0 Å². The van der Waals surface area contributed by atoms with Gasteiger partial charge in [-0.3, -0.25) is 0 Å². The van der Waals surface area contributed by atoms with Crippen molar-refractivity contribution < 1.29 is 4.74 Å². The van der Waals surface area contributed by atoms with E-state index in [1.807, 2.05) is 0 Å². The molecule has 0 radical (unpaired) electrons. The summed E-state index contributed by atoms with van der Waals surface area (Å²) in [6.07, 6.45) is 3.96. The van der Waals surface area contributed by atoms with Gasteiger partial charge in [-0.05, 0) is 44.9 Å². The zero-order chi connectivity index (χ0) is 9.84. The molecular weight excluding hydrogens is 162 g/mol. The van der Waals surface area contributed by atoms with E-state index in [9.17, 15) is 0 Å². The Hall–Kier alpha value is -0.0800. The maximum atomic E-state index is 5.94. The first kappa shape index (κ1) is 11.0. The lowest BCUT2D eigenvalue weighted by atomic mass is 9.79. The van der Waals surface area contributed by atoms with E-state index < -0.39 is 0 Å². The largest absolute Gasteiger partial charge is 0.378 e. The van der Waals surface area contributed by atoms with Gasteiger partial charge in [0.25, 0.3) is 0 Å². The van der Waals surface area contributed by atoms with Crippen LogP contribution in [0.2, 0.25) is 0 Å². The third-order valence-corrected chi connectivity index (χ3v) is 3.05. The van der Waals surface area contributed by atoms with Crippen molar-refractivity contribution in [2.75, 3.05) is 6.61 Å². The van der Waals surface area contributed by atoms with Crippen LogP contribution in [0.4, 0.5) is 0 Å². The fourth-order valence-electron chi connectivity index (χ4n) is 2.00. The summed E-state index contributed by atoms with van der Waals surface area (Å²) < 4.78 is 5.64. The second-order valence-corrected chi connectivity index (χ2v) is 4.69. The zero-order valence-electron chi connectivity index (χ0n) is 9.12. The summed E-state index contributed by atoms with van der Waals surface area (Å²) in [4.78, 5) is 0. The molecule has 0 aromatic rings. The van der Waals surface area contributed by atoms with Crippen molar-refractivity contribution in [3.05, 3.63) is 0 Å². The third kappa shape index (κ3) is 3.65. The lowest BCUT2D eigenvalue weighted by molar-refractivity contribution is 0.0226. The van der Waals surface area contributed by atoms with Gasteiger partial charge in [0.15, 0.2) is 0 Å². The summed E-state index contributed by atoms with van der Waals surface area (Å²) >= 11 is 0. The molecule has 78 valence electrons. The molecule has 3 unspecified atom stereocenters. The van der Waals surface area contributed by atoms with Gasteiger partial charge in [0.05, 0.1) is 12.7 Å². The smallest absolute Gasteiger partial charge is 0.0519 e. The summed E-state index contributed by atoms with van der Waals surface area (Å²) in [5, 5.41) is 0. The monoisotopic (exact) mass is 185 g/mol. The van der Waals surface area contributed by atoms with Gasteiger partial charge < -0.3 is 10.5 Å². The Balaban J connectivity index is 2.29. The van der Waals surface area contributed by atoms with Crippen molar-refractivity contribution in [3.63, 3.8) is 0 Å². The molecule has 1 aliphatic carbocycles. The van der Waals surface area contributed by atoms with Gasteiger partial charge in [-0.2, -0.15) is 0 Å². The predicted octanol–water partition coefficient (Wildman–Crippen LogP) is 2.17. The average Bonchev–Trinajstić information content (AvgIpc) is 2.06. The molecule has 2 nitrogen and oxygen atoms in total. The Morgan fingerprint density at radius 3 is 2.69 bits per heavy atom. The van der Waals surface area contributed by atoms with E-state index in [1.54, 1.807) is 0 Å². The highest BCUT2D eigenvalue weighted by molar-refractivity contribution is 4.79. The van der Waals surface area contributed by atoms with Crippen LogP contribution < -0.4 is 5.73 Å². The maximum Gasteiger partial charge on any atom is 0.0519 e. The number of hydrogen-bond acceptors (Lipinski definition) is 2. The van der Waals surface area contributed by atoms with E-state index in [0.29, 0.717) is 18.1 Å². The molecule has 2 heteroatoms. The van der Waals surface area contributed by atoms with Crippen LogP contribution in [0, 0.1) is 11.8 Å². The van der Waals surface area contributed by atoms with E-state index in [4.69, 9.17) is 10.5 Å². The fraction of sp³-hybridized carbons (Fsp3) is 1.00. The SMILES string of the molecule is CC(C)OCC1CC(N)CCC1C. The van der Waals surface area contributed by atoms with E-state index in [1.165, 1.54) is 12.8 Å². The molecule has 13 heavy (non-hydrogen) atoms. The molecule has 0 saturated heterocycles. The molecule has 1 aliphatic rings. The second kappa shape index (κ2) is 4.97. The highest BCUT2D eigenvalue weighted by Gasteiger charge is 2.25. The van der Waals surface area contributed by atoms with Crippen molar-refractivity contribution in [1.29, 1.82) is 0 Å². The van der Waals surface area contributed by atoms with Crippen LogP contribution in [-0.4, -0.2) is 18.8 Å². The molecule has 0 amide bonds. The van der Waals surface area contributed by atoms with Crippen LogP contribution >= 0.6 is 0 Å². The topological polar surface area (TPSA) is 35.2 Å². The average molecular weight is 185 g/mol. The summed E-state index contributed by atoms with van der Waals surface area (Å²) in [5.74, 6) is 1.48. The van der Waals surface area contributed by atoms with Crippen LogP contribution in [0.15, 0.2) is 0 Å². The summed E-state index contributed by atoms with van der Waals surface area (Å²) in [6, 6.07) is 0.414. The van der Waals surface area contributed by atoms with Gasteiger partial charge in [0.2, 0.25) is 0 Å². The third-order valence-electron chi connectivity index (χ3n) is 3.05. The van der Waals surface area contributed by atoms with Crippen LogP contribution in [0.3, 0.4) is 0 Å². The molecule has 0 spiro atoms. The molecule has 0 heterocycles. The van der Waals surface area contributed by atoms with Crippen molar-refractivity contribution >= 4 is 0 Å². The molecule has 3 atom stereocenters. The van der Waals surface area contributed by atoms with Crippen molar-refractivity contribution in [2.45, 2.75) is 52.2 Å². The van der Waals surface area contributed by atoms with Crippen LogP contribution in [0.5, 0.6) is 0 Å². The van der Waals surface area contributed by atoms with Crippen molar-refractivity contribution in [2.24, 2.45) is 17.6 Å². The van der Waals surface area contributed by atoms with Gasteiger partial charge in [0.1, 0.15) is 0 Å². The zero-order valence-corrected chi connectivity index (χ0v) is 9.12. The first-order chi connectivity index (χ1) is 6.09. The molecule has 1 saturated carbocycles. The van der Waals surface area contributed by atoms with Gasteiger partial charge >= 0.3 is 0 Å². The lowest BCUT2D eigenvalue weighted by Crippen LogP contribution is -2.34. The molecular formula is C11H23NO. The quantitative estimate of drug-likeness (QED) is 0.731. The van der Waals surface area contributed by atoms with E-state index >= 15 is 0 Å². The first-order valence-corrected chi connectivity index (χ1v) is 5.46. The summed E-state index contributed by atoms with van der Waals surface area (Å²) in [7, 11) is 0. The number of ether oxygens (including phenoxy) is 1. The Morgan fingerprint density at radius 2 is 2.08 bits per heavy atom. The standard InChI is InChI=1S/C11H23NO/c1-8(2)13-7-10-6-11(12)5-4-9(10)3/h8-11H,4-7,12H2,1-3H3. The molecule has 0 bridgehead atoms. The van der Waals surface area contributed by atoms with Crippen LogP contribution in [0.25, 0.3) is 0 Å². The molecule has 1 fully saturated rings. The number of nitrogens with two attached hydrogens (primary N) is 1. The summed E-state index contributed by atoms with van der Waals surface area (Å²) in [5.41, 5.74) is 5.94. The van der Waals surface area contributed by atoms with Gasteiger partial charge in [0, 0.05) is 6.04 Å². The minimum atomic E-state index is 0.352. The predicted molar refractivity (Wildman–Crippen MR) is 55.6 cm³/mol. The molecule has 0 aromatic carbocycles. The highest BCUT2D eigenvalue weighted by atomic mass is 16.5. The Kier molecular flexibility index (Phi) is 4.20. The van der Waals surface area contributed by atoms with Crippen LogP contribution in [0.1, 0.15) is 40.0 Å². The Labute approximate surface area is 81.8 Å². The van der Waals surface area contributed by atoms with E-state index in [2.05, 4.69) is 20.8 Å². The fourth-order valence-corrected chi connectivity index (χ4v) is 2.00. The summed E-state index contributed by atoms with van der Waals surface area (Å²) in [6.45, 7) is 7.40. The van der Waals surface area contributed by atoms with Gasteiger partial charge in [-0.25, -0.2) is 0 Å². The maximum absolute atomic E-state index is 5.94. The molecule has 1 rings (SSSR count). The molecule has 0 aromatic heterocycles. The normalized spacial score (nSPS) is 35.3. The molecule has 2 N–H and O–H groups in total. The van der Waals surface area contributed by atoms with Gasteiger partial charge in [-0.1, -0.05) is 6.92 Å². The number of hydrogen-bond donors (Lipinski definition) is 1.